The third kappa shape index (κ3) is 1.50. The molecule has 1 aliphatic rings. The number of amidine groups is 1. The summed E-state index contributed by atoms with van der Waals surface area (Å²) in [6.07, 6.45) is 0.992. The number of hydrogen-bond acceptors (Lipinski definition) is 3. The molecule has 1 aliphatic heterocycles. The highest BCUT2D eigenvalue weighted by Crippen LogP contribution is 2.25. The number of urea groups is 1. The van der Waals surface area contributed by atoms with E-state index in [9.17, 15) is 4.79 Å². The van der Waals surface area contributed by atoms with Gasteiger partial charge in [0.25, 0.3) is 0 Å². The van der Waals surface area contributed by atoms with Crippen LogP contribution in [-0.4, -0.2) is 11.9 Å². The molecule has 1 saturated heterocycles. The second-order valence-electron chi connectivity index (χ2n) is 3.10. The second kappa shape index (κ2) is 3.42. The average Bonchev–Trinajstić information content (AvgIpc) is 2.71. The van der Waals surface area contributed by atoms with Crippen LogP contribution in [0.1, 0.15) is 22.7 Å². The molecule has 2 amide bonds. The quantitative estimate of drug-likeness (QED) is 0.681. The smallest absolute Gasteiger partial charge is 0.321 e. The summed E-state index contributed by atoms with van der Waals surface area (Å²) in [5, 5.41) is 12.7. The van der Waals surface area contributed by atoms with E-state index < -0.39 is 0 Å². The summed E-state index contributed by atoms with van der Waals surface area (Å²) in [6, 6.07) is 3.45. The van der Waals surface area contributed by atoms with Crippen LogP contribution in [0.15, 0.2) is 12.1 Å². The lowest BCUT2D eigenvalue weighted by Crippen LogP contribution is -2.22. The summed E-state index contributed by atoms with van der Waals surface area (Å²) in [4.78, 5) is 13.2. The molecule has 4 nitrogen and oxygen atoms in total. The van der Waals surface area contributed by atoms with Crippen LogP contribution in [0.4, 0.5) is 4.79 Å². The Kier molecular flexibility index (Phi) is 2.25. The third-order valence-corrected chi connectivity index (χ3v) is 3.42. The first kappa shape index (κ1) is 9.21. The Labute approximate surface area is 85.8 Å². The molecule has 0 saturated carbocycles. The fourth-order valence-electron chi connectivity index (χ4n) is 1.39. The lowest BCUT2D eigenvalue weighted by Gasteiger charge is -2.04. The molecule has 0 aliphatic carbocycles. The van der Waals surface area contributed by atoms with Crippen LogP contribution in [0, 0.1) is 5.41 Å². The number of thiophene rings is 1. The van der Waals surface area contributed by atoms with E-state index >= 15 is 0 Å². The van der Waals surface area contributed by atoms with Crippen LogP contribution in [-0.2, 0) is 6.42 Å². The molecule has 5 heteroatoms. The van der Waals surface area contributed by atoms with E-state index in [0.717, 1.165) is 11.3 Å². The largest absolute Gasteiger partial charge is 0.323 e. The van der Waals surface area contributed by atoms with Gasteiger partial charge in [-0.1, -0.05) is 6.92 Å². The standard InChI is InChI=1S/C9H11N3OS/c1-2-5-3-4-6(14-5)7-8(10)12-9(13)11-7/h3-4,7H,2H2,1H3,(H3,10,11,12,13). The number of aryl methyl sites for hydroxylation is 1. The van der Waals surface area contributed by atoms with Crippen molar-refractivity contribution in [2.75, 3.05) is 0 Å². The summed E-state index contributed by atoms with van der Waals surface area (Å²) >= 11 is 1.64. The maximum atomic E-state index is 11.0. The highest BCUT2D eigenvalue weighted by atomic mass is 32.1. The number of carbonyl (C=O) groups is 1. The SMILES string of the molecule is CCc1ccc(C2NC(=O)NC2=N)s1. The predicted octanol–water partition coefficient (Wildman–Crippen LogP) is 1.64. The summed E-state index contributed by atoms with van der Waals surface area (Å²) in [5.41, 5.74) is 0. The molecule has 2 rings (SSSR count). The Morgan fingerprint density at radius 2 is 2.36 bits per heavy atom. The number of nitrogens with one attached hydrogen (secondary N) is 3. The topological polar surface area (TPSA) is 65.0 Å². The van der Waals surface area contributed by atoms with Gasteiger partial charge in [0.05, 0.1) is 0 Å². The molecule has 0 aromatic carbocycles. The first-order valence-electron chi connectivity index (χ1n) is 4.45. The molecule has 0 radical (unpaired) electrons. The van der Waals surface area contributed by atoms with E-state index in [1.165, 1.54) is 4.88 Å². The van der Waals surface area contributed by atoms with Crippen molar-refractivity contribution in [3.05, 3.63) is 21.9 Å². The van der Waals surface area contributed by atoms with Crippen molar-refractivity contribution in [2.24, 2.45) is 0 Å². The van der Waals surface area contributed by atoms with Crippen molar-refractivity contribution in [2.45, 2.75) is 19.4 Å². The van der Waals surface area contributed by atoms with Gasteiger partial charge in [0.1, 0.15) is 11.9 Å². The zero-order valence-electron chi connectivity index (χ0n) is 7.76. The normalized spacial score (nSPS) is 20.8. The van der Waals surface area contributed by atoms with E-state index in [2.05, 4.69) is 17.6 Å². The Morgan fingerprint density at radius 3 is 2.86 bits per heavy atom. The fourth-order valence-corrected chi connectivity index (χ4v) is 2.40. The van der Waals surface area contributed by atoms with Gasteiger partial charge >= 0.3 is 6.03 Å². The minimum atomic E-state index is -0.286. The van der Waals surface area contributed by atoms with Crippen LogP contribution in [0.5, 0.6) is 0 Å². The molecule has 1 atom stereocenters. The molecule has 1 fully saturated rings. The summed E-state index contributed by atoms with van der Waals surface area (Å²) in [7, 11) is 0. The highest BCUT2D eigenvalue weighted by molar-refractivity contribution is 7.12. The third-order valence-electron chi connectivity index (χ3n) is 2.13. The van der Waals surface area contributed by atoms with Crippen molar-refractivity contribution in [1.82, 2.24) is 10.6 Å². The summed E-state index contributed by atoms with van der Waals surface area (Å²) < 4.78 is 0. The monoisotopic (exact) mass is 209 g/mol. The van der Waals surface area contributed by atoms with Crippen molar-refractivity contribution >= 4 is 23.2 Å². The molecule has 2 heterocycles. The lowest BCUT2D eigenvalue weighted by atomic mass is 10.2. The molecule has 1 aromatic rings. The van der Waals surface area contributed by atoms with Crippen LogP contribution >= 0.6 is 11.3 Å². The Hall–Kier alpha value is -1.36. The van der Waals surface area contributed by atoms with Crippen LogP contribution in [0.2, 0.25) is 0 Å². The van der Waals surface area contributed by atoms with Crippen LogP contribution in [0.25, 0.3) is 0 Å². The molecule has 3 N–H and O–H groups in total. The zero-order chi connectivity index (χ0) is 10.1. The Balaban J connectivity index is 2.22. The number of rotatable bonds is 2. The van der Waals surface area contributed by atoms with E-state index in [1.54, 1.807) is 11.3 Å². The van der Waals surface area contributed by atoms with E-state index in [1.807, 2.05) is 12.1 Å². The fraction of sp³-hybridized carbons (Fsp3) is 0.333. The van der Waals surface area contributed by atoms with Gasteiger partial charge in [-0.05, 0) is 18.6 Å². The minimum absolute atomic E-state index is 0.236. The first-order chi connectivity index (χ1) is 6.70. The maximum Gasteiger partial charge on any atom is 0.321 e. The molecule has 74 valence electrons. The number of amides is 2. The predicted molar refractivity (Wildman–Crippen MR) is 55.8 cm³/mol. The second-order valence-corrected chi connectivity index (χ2v) is 4.30. The molecule has 1 unspecified atom stereocenters. The average molecular weight is 209 g/mol. The van der Waals surface area contributed by atoms with Crippen LogP contribution < -0.4 is 10.6 Å². The lowest BCUT2D eigenvalue weighted by molar-refractivity contribution is 0.248. The maximum absolute atomic E-state index is 11.0. The van der Waals surface area contributed by atoms with Crippen LogP contribution in [0.3, 0.4) is 0 Å². The van der Waals surface area contributed by atoms with Gasteiger partial charge < -0.3 is 5.32 Å². The zero-order valence-corrected chi connectivity index (χ0v) is 8.57. The van der Waals surface area contributed by atoms with Crippen molar-refractivity contribution in [3.8, 4) is 0 Å². The van der Waals surface area contributed by atoms with Gasteiger partial charge in [-0.3, -0.25) is 10.7 Å². The molecule has 14 heavy (non-hydrogen) atoms. The Morgan fingerprint density at radius 1 is 1.57 bits per heavy atom. The van der Waals surface area contributed by atoms with E-state index in [-0.39, 0.29) is 17.9 Å². The number of carbonyl (C=O) groups excluding carboxylic acids is 1. The van der Waals surface area contributed by atoms with Gasteiger partial charge in [-0.2, -0.15) is 0 Å². The van der Waals surface area contributed by atoms with Crippen molar-refractivity contribution in [3.63, 3.8) is 0 Å². The molecule has 0 spiro atoms. The Bertz CT molecular complexity index is 385. The van der Waals surface area contributed by atoms with Gasteiger partial charge in [0, 0.05) is 9.75 Å². The first-order valence-corrected chi connectivity index (χ1v) is 5.27. The molecular weight excluding hydrogens is 198 g/mol. The number of hydrogen-bond donors (Lipinski definition) is 3. The summed E-state index contributed by atoms with van der Waals surface area (Å²) in [6.45, 7) is 2.09. The minimum Gasteiger partial charge on any atom is -0.323 e. The van der Waals surface area contributed by atoms with Gasteiger partial charge in [0.2, 0.25) is 0 Å². The van der Waals surface area contributed by atoms with E-state index in [4.69, 9.17) is 5.41 Å². The summed E-state index contributed by atoms with van der Waals surface area (Å²) in [5.74, 6) is 0.236. The van der Waals surface area contributed by atoms with Gasteiger partial charge in [0.15, 0.2) is 0 Å². The van der Waals surface area contributed by atoms with Crippen molar-refractivity contribution in [1.29, 1.82) is 5.41 Å². The van der Waals surface area contributed by atoms with Crippen molar-refractivity contribution < 1.29 is 4.79 Å². The highest BCUT2D eigenvalue weighted by Gasteiger charge is 2.28. The molecule has 0 bridgehead atoms. The molecule has 1 aromatic heterocycles. The van der Waals surface area contributed by atoms with E-state index in [0.29, 0.717) is 0 Å². The molecular formula is C9H11N3OS. The van der Waals surface area contributed by atoms with Gasteiger partial charge in [-0.15, -0.1) is 11.3 Å². The van der Waals surface area contributed by atoms with Gasteiger partial charge in [-0.25, -0.2) is 4.79 Å².